The van der Waals surface area contributed by atoms with Crippen molar-refractivity contribution in [1.29, 1.82) is 0 Å². The van der Waals surface area contributed by atoms with Crippen LogP contribution in [-0.2, 0) is 9.53 Å². The fourth-order valence-corrected chi connectivity index (χ4v) is 4.66. The number of hydrogen-bond acceptors (Lipinski definition) is 3. The minimum atomic E-state index is 0.277. The van der Waals surface area contributed by atoms with E-state index in [4.69, 9.17) is 4.74 Å². The first-order chi connectivity index (χ1) is 10.2. The lowest BCUT2D eigenvalue weighted by atomic mass is 9.86. The number of piperidine rings is 1. The third-order valence-corrected chi connectivity index (χ3v) is 5.95. The van der Waals surface area contributed by atoms with E-state index in [1.54, 1.807) is 7.11 Å². The van der Waals surface area contributed by atoms with Gasteiger partial charge >= 0.3 is 0 Å². The Hall–Kier alpha value is -0.610. The number of likely N-dealkylation sites (tertiary alicyclic amines) is 1. The molecule has 120 valence electrons. The van der Waals surface area contributed by atoms with E-state index in [0.717, 1.165) is 57.3 Å². The molecule has 1 amide bonds. The molecule has 0 spiro atoms. The van der Waals surface area contributed by atoms with E-state index >= 15 is 0 Å². The van der Waals surface area contributed by atoms with Gasteiger partial charge in [0.25, 0.3) is 0 Å². The Kier molecular flexibility index (Phi) is 5.17. The molecule has 2 bridgehead atoms. The van der Waals surface area contributed by atoms with Gasteiger partial charge in [-0.25, -0.2) is 0 Å². The third kappa shape index (κ3) is 3.98. The summed E-state index contributed by atoms with van der Waals surface area (Å²) in [6, 6.07) is 0. The number of rotatable bonds is 6. The summed E-state index contributed by atoms with van der Waals surface area (Å²) >= 11 is 0. The van der Waals surface area contributed by atoms with Gasteiger partial charge in [0.1, 0.15) is 0 Å². The molecule has 3 fully saturated rings. The summed E-state index contributed by atoms with van der Waals surface area (Å²) < 4.78 is 5.38. The van der Waals surface area contributed by atoms with Gasteiger partial charge in [-0.2, -0.15) is 0 Å². The first-order valence-electron chi connectivity index (χ1n) is 8.76. The molecule has 3 atom stereocenters. The van der Waals surface area contributed by atoms with Crippen molar-refractivity contribution in [2.24, 2.45) is 17.8 Å². The van der Waals surface area contributed by atoms with Gasteiger partial charge < -0.3 is 15.0 Å². The number of carbonyl (C=O) groups excluding carboxylic acids is 1. The molecule has 0 aromatic heterocycles. The van der Waals surface area contributed by atoms with E-state index in [2.05, 4.69) is 10.2 Å². The van der Waals surface area contributed by atoms with Crippen LogP contribution in [0, 0.1) is 17.8 Å². The highest BCUT2D eigenvalue weighted by Gasteiger charge is 2.39. The summed E-state index contributed by atoms with van der Waals surface area (Å²) in [5, 5.41) is 3.13. The summed E-state index contributed by atoms with van der Waals surface area (Å²) in [5.41, 5.74) is 0. The molecule has 1 N–H and O–H groups in total. The maximum atomic E-state index is 12.1. The van der Waals surface area contributed by atoms with Gasteiger partial charge in [-0.05, 0) is 49.9 Å². The van der Waals surface area contributed by atoms with Crippen molar-refractivity contribution in [3.63, 3.8) is 0 Å². The van der Waals surface area contributed by atoms with Crippen LogP contribution in [0.4, 0.5) is 0 Å². The van der Waals surface area contributed by atoms with Gasteiger partial charge in [0.05, 0.1) is 6.10 Å². The number of nitrogens with zero attached hydrogens (tertiary/aromatic N) is 1. The summed E-state index contributed by atoms with van der Waals surface area (Å²) in [5.74, 6) is 2.75. The van der Waals surface area contributed by atoms with Gasteiger partial charge in [0.15, 0.2) is 0 Å². The Labute approximate surface area is 128 Å². The number of methoxy groups -OCH3 is 1. The Morgan fingerprint density at radius 2 is 2.00 bits per heavy atom. The summed E-state index contributed by atoms with van der Waals surface area (Å²) in [6.45, 7) is 3.98. The number of nitrogens with one attached hydrogen (secondary N) is 1. The Bertz CT molecular complexity index is 353. The molecule has 1 heterocycles. The fraction of sp³-hybridized carbons (Fsp3) is 0.941. The van der Waals surface area contributed by atoms with Crippen molar-refractivity contribution < 1.29 is 9.53 Å². The Balaban J connectivity index is 1.28. The molecular weight excluding hydrogens is 264 g/mol. The van der Waals surface area contributed by atoms with Crippen molar-refractivity contribution in [1.82, 2.24) is 10.2 Å². The topological polar surface area (TPSA) is 41.6 Å². The molecule has 3 rings (SSSR count). The standard InChI is InChI=1S/C17H30N2O2/c1-21-16-4-7-19(8-5-16)9-6-18-17(20)12-15-11-13-2-3-14(15)10-13/h13-16H,2-12H2,1H3,(H,18,20)/t13-,14-,15+/m0/s1. The van der Waals surface area contributed by atoms with Crippen LogP contribution in [0.3, 0.4) is 0 Å². The Morgan fingerprint density at radius 3 is 2.62 bits per heavy atom. The van der Waals surface area contributed by atoms with Gasteiger partial charge in [-0.1, -0.05) is 6.42 Å². The minimum absolute atomic E-state index is 0.277. The molecule has 0 radical (unpaired) electrons. The molecular formula is C17H30N2O2. The molecule has 2 aliphatic carbocycles. The lowest BCUT2D eigenvalue weighted by molar-refractivity contribution is -0.122. The molecule has 3 aliphatic rings. The zero-order chi connectivity index (χ0) is 14.7. The number of fused-ring (bicyclic) bond motifs is 2. The molecule has 2 saturated carbocycles. The summed E-state index contributed by atoms with van der Waals surface area (Å²) in [4.78, 5) is 14.5. The maximum Gasteiger partial charge on any atom is 0.220 e. The summed E-state index contributed by atoms with van der Waals surface area (Å²) in [6.07, 6.45) is 8.94. The predicted octanol–water partition coefficient (Wildman–Crippen LogP) is 2.04. The van der Waals surface area contributed by atoms with Crippen LogP contribution in [0.15, 0.2) is 0 Å². The van der Waals surface area contributed by atoms with Gasteiger partial charge in [-0.3, -0.25) is 4.79 Å². The molecule has 0 aromatic carbocycles. The molecule has 4 nitrogen and oxygen atoms in total. The third-order valence-electron chi connectivity index (χ3n) is 5.95. The van der Waals surface area contributed by atoms with Crippen LogP contribution in [0.5, 0.6) is 0 Å². The molecule has 0 unspecified atom stereocenters. The second kappa shape index (κ2) is 7.10. The smallest absolute Gasteiger partial charge is 0.220 e. The molecule has 0 aromatic rings. The average Bonchev–Trinajstić information content (AvgIpc) is 3.10. The highest BCUT2D eigenvalue weighted by atomic mass is 16.5. The lowest BCUT2D eigenvalue weighted by Gasteiger charge is -2.31. The van der Waals surface area contributed by atoms with Crippen LogP contribution in [0.2, 0.25) is 0 Å². The zero-order valence-electron chi connectivity index (χ0n) is 13.4. The van der Waals surface area contributed by atoms with Gasteiger partial charge in [0, 0.05) is 39.7 Å². The monoisotopic (exact) mass is 294 g/mol. The molecule has 4 heteroatoms. The number of hydrogen-bond donors (Lipinski definition) is 1. The zero-order valence-corrected chi connectivity index (χ0v) is 13.4. The van der Waals surface area contributed by atoms with Crippen LogP contribution < -0.4 is 5.32 Å². The van der Waals surface area contributed by atoms with E-state index in [9.17, 15) is 4.79 Å². The van der Waals surface area contributed by atoms with Crippen molar-refractivity contribution in [2.45, 2.75) is 51.0 Å². The van der Waals surface area contributed by atoms with Crippen LogP contribution >= 0.6 is 0 Å². The van der Waals surface area contributed by atoms with Crippen LogP contribution in [-0.4, -0.2) is 50.2 Å². The van der Waals surface area contributed by atoms with E-state index < -0.39 is 0 Å². The maximum absolute atomic E-state index is 12.1. The highest BCUT2D eigenvalue weighted by Crippen LogP contribution is 2.49. The van der Waals surface area contributed by atoms with Crippen molar-refractivity contribution in [2.75, 3.05) is 33.3 Å². The average molecular weight is 294 g/mol. The normalized spacial score (nSPS) is 33.5. The van der Waals surface area contributed by atoms with Crippen molar-refractivity contribution in [3.8, 4) is 0 Å². The second-order valence-electron chi connectivity index (χ2n) is 7.27. The van der Waals surface area contributed by atoms with E-state index in [0.29, 0.717) is 12.0 Å². The molecule has 1 saturated heterocycles. The van der Waals surface area contributed by atoms with Gasteiger partial charge in [0.2, 0.25) is 5.91 Å². The largest absolute Gasteiger partial charge is 0.381 e. The quantitative estimate of drug-likeness (QED) is 0.815. The van der Waals surface area contributed by atoms with Crippen LogP contribution in [0.25, 0.3) is 0 Å². The minimum Gasteiger partial charge on any atom is -0.381 e. The predicted molar refractivity (Wildman–Crippen MR) is 83.0 cm³/mol. The fourth-order valence-electron chi connectivity index (χ4n) is 4.66. The lowest BCUT2D eigenvalue weighted by Crippen LogP contribution is -2.41. The highest BCUT2D eigenvalue weighted by molar-refractivity contribution is 5.76. The van der Waals surface area contributed by atoms with Crippen molar-refractivity contribution >= 4 is 5.91 Å². The number of amides is 1. The van der Waals surface area contributed by atoms with Gasteiger partial charge in [-0.15, -0.1) is 0 Å². The number of carbonyl (C=O) groups is 1. The van der Waals surface area contributed by atoms with Crippen LogP contribution in [0.1, 0.15) is 44.9 Å². The van der Waals surface area contributed by atoms with E-state index in [-0.39, 0.29) is 5.91 Å². The first kappa shape index (κ1) is 15.3. The summed E-state index contributed by atoms with van der Waals surface area (Å²) in [7, 11) is 1.80. The number of ether oxygens (including phenoxy) is 1. The van der Waals surface area contributed by atoms with Crippen molar-refractivity contribution in [3.05, 3.63) is 0 Å². The second-order valence-corrected chi connectivity index (χ2v) is 7.27. The van der Waals surface area contributed by atoms with E-state index in [1.165, 1.54) is 25.7 Å². The SMILES string of the molecule is COC1CCN(CCNC(=O)C[C@H]2C[C@H]3CC[C@H]2C3)CC1. The molecule has 1 aliphatic heterocycles. The molecule has 21 heavy (non-hydrogen) atoms. The first-order valence-corrected chi connectivity index (χ1v) is 8.76. The van der Waals surface area contributed by atoms with E-state index in [1.807, 2.05) is 0 Å². The Morgan fingerprint density at radius 1 is 1.19 bits per heavy atom.